The molecule has 2 N–H and O–H groups in total. The third-order valence-electron chi connectivity index (χ3n) is 4.21. The van der Waals surface area contributed by atoms with Crippen molar-refractivity contribution >= 4 is 0 Å². The summed E-state index contributed by atoms with van der Waals surface area (Å²) in [5, 5.41) is 19.4. The average Bonchev–Trinajstić information content (AvgIpc) is 2.45. The molecule has 2 heteroatoms. The third-order valence-corrected chi connectivity index (χ3v) is 4.21. The molecular weight excluding hydrogens is 296 g/mol. The van der Waals surface area contributed by atoms with Crippen LogP contribution in [0.4, 0.5) is 0 Å². The number of rotatable bonds is 8. The summed E-state index contributed by atoms with van der Waals surface area (Å²) in [4.78, 5) is 0. The van der Waals surface area contributed by atoms with E-state index in [1.165, 1.54) is 22.8 Å². The Labute approximate surface area is 147 Å². The fourth-order valence-corrected chi connectivity index (χ4v) is 2.66. The minimum Gasteiger partial charge on any atom is -0.508 e. The lowest BCUT2D eigenvalue weighted by Gasteiger charge is -2.08. The lowest BCUT2D eigenvalue weighted by atomic mass is 10.0. The summed E-state index contributed by atoms with van der Waals surface area (Å²) < 4.78 is 0. The average molecular weight is 328 g/mol. The highest BCUT2D eigenvalue weighted by atomic mass is 16.3. The van der Waals surface area contributed by atoms with Crippen molar-refractivity contribution in [2.75, 3.05) is 0 Å². The van der Waals surface area contributed by atoms with E-state index in [-0.39, 0.29) is 11.5 Å². The number of aromatic hydroxyl groups is 2. The van der Waals surface area contributed by atoms with Gasteiger partial charge in [0.05, 0.1) is 0 Å². The first-order valence-electron chi connectivity index (χ1n) is 8.75. The van der Waals surface area contributed by atoms with Gasteiger partial charge in [-0.25, -0.2) is 0 Å². The summed E-state index contributed by atoms with van der Waals surface area (Å²) in [6, 6.07) is 3.10. The van der Waals surface area contributed by atoms with Crippen molar-refractivity contribution in [1.82, 2.24) is 0 Å². The van der Waals surface area contributed by atoms with Gasteiger partial charge in [0, 0.05) is 11.6 Å². The predicted octanol–water partition coefficient (Wildman–Crippen LogP) is 6.37. The highest BCUT2D eigenvalue weighted by molar-refractivity contribution is 5.45. The molecule has 132 valence electrons. The van der Waals surface area contributed by atoms with E-state index >= 15 is 0 Å². The molecule has 0 aromatic heterocycles. The van der Waals surface area contributed by atoms with Crippen molar-refractivity contribution in [2.24, 2.45) is 0 Å². The van der Waals surface area contributed by atoms with Crippen LogP contribution < -0.4 is 0 Å². The number of hydrogen-bond donors (Lipinski definition) is 2. The van der Waals surface area contributed by atoms with E-state index in [2.05, 4.69) is 45.9 Å². The molecule has 0 heterocycles. The molecule has 0 aliphatic heterocycles. The van der Waals surface area contributed by atoms with Crippen molar-refractivity contribution in [3.8, 4) is 11.5 Å². The number of benzene rings is 1. The number of allylic oxidation sites excluding steroid dienone is 6. The van der Waals surface area contributed by atoms with Crippen molar-refractivity contribution in [1.29, 1.82) is 0 Å². The van der Waals surface area contributed by atoms with Crippen LogP contribution in [-0.2, 0) is 6.42 Å². The molecule has 0 fully saturated rings. The van der Waals surface area contributed by atoms with Crippen LogP contribution in [0.2, 0.25) is 0 Å². The van der Waals surface area contributed by atoms with Crippen LogP contribution >= 0.6 is 0 Å². The maximum Gasteiger partial charge on any atom is 0.123 e. The normalized spacial score (nSPS) is 12.4. The molecule has 0 amide bonds. The zero-order valence-corrected chi connectivity index (χ0v) is 15.8. The molecule has 0 atom stereocenters. The zero-order valence-electron chi connectivity index (χ0n) is 15.8. The van der Waals surface area contributed by atoms with Gasteiger partial charge in [-0.05, 0) is 78.4 Å². The molecule has 0 aliphatic rings. The summed E-state index contributed by atoms with van der Waals surface area (Å²) in [6.45, 7) is 10.5. The van der Waals surface area contributed by atoms with Gasteiger partial charge in [-0.2, -0.15) is 0 Å². The van der Waals surface area contributed by atoms with Crippen LogP contribution in [0, 0.1) is 6.92 Å². The summed E-state index contributed by atoms with van der Waals surface area (Å²) in [5.74, 6) is 0.287. The Morgan fingerprint density at radius 3 is 2.04 bits per heavy atom. The van der Waals surface area contributed by atoms with Gasteiger partial charge in [-0.3, -0.25) is 0 Å². The van der Waals surface area contributed by atoms with E-state index in [1.807, 2.05) is 6.92 Å². The largest absolute Gasteiger partial charge is 0.508 e. The van der Waals surface area contributed by atoms with Gasteiger partial charge in [-0.15, -0.1) is 0 Å². The first-order chi connectivity index (χ1) is 11.3. The van der Waals surface area contributed by atoms with E-state index in [0.29, 0.717) is 6.42 Å². The first-order valence-corrected chi connectivity index (χ1v) is 8.75. The minimum absolute atomic E-state index is 0.114. The topological polar surface area (TPSA) is 40.5 Å². The maximum absolute atomic E-state index is 9.95. The Morgan fingerprint density at radius 1 is 0.875 bits per heavy atom. The van der Waals surface area contributed by atoms with Gasteiger partial charge >= 0.3 is 0 Å². The molecule has 24 heavy (non-hydrogen) atoms. The molecular formula is C22H32O2. The highest BCUT2D eigenvalue weighted by Gasteiger charge is 2.05. The second-order valence-electron chi connectivity index (χ2n) is 6.92. The maximum atomic E-state index is 9.95. The van der Waals surface area contributed by atoms with Gasteiger partial charge in [-0.1, -0.05) is 34.9 Å². The number of hydrogen-bond acceptors (Lipinski definition) is 2. The molecule has 0 unspecified atom stereocenters. The van der Waals surface area contributed by atoms with Crippen molar-refractivity contribution < 1.29 is 10.2 Å². The second-order valence-corrected chi connectivity index (χ2v) is 6.92. The van der Waals surface area contributed by atoms with Crippen molar-refractivity contribution in [3.63, 3.8) is 0 Å². The van der Waals surface area contributed by atoms with Crippen LogP contribution in [0.25, 0.3) is 0 Å². The number of phenolic OH excluding ortho intramolecular Hbond substituents is 2. The fourth-order valence-electron chi connectivity index (χ4n) is 2.66. The summed E-state index contributed by atoms with van der Waals surface area (Å²) >= 11 is 0. The van der Waals surface area contributed by atoms with Crippen molar-refractivity contribution in [3.05, 3.63) is 58.2 Å². The Morgan fingerprint density at radius 2 is 1.46 bits per heavy atom. The van der Waals surface area contributed by atoms with Gasteiger partial charge in [0.2, 0.25) is 0 Å². The van der Waals surface area contributed by atoms with Gasteiger partial charge in [0.25, 0.3) is 0 Å². The number of phenols is 2. The van der Waals surface area contributed by atoms with Crippen LogP contribution in [0.3, 0.4) is 0 Å². The smallest absolute Gasteiger partial charge is 0.123 e. The van der Waals surface area contributed by atoms with Gasteiger partial charge < -0.3 is 10.2 Å². The molecule has 0 saturated heterocycles. The lowest BCUT2D eigenvalue weighted by Crippen LogP contribution is -1.90. The summed E-state index contributed by atoms with van der Waals surface area (Å²) in [5.41, 5.74) is 5.98. The predicted molar refractivity (Wildman–Crippen MR) is 104 cm³/mol. The number of aryl methyl sites for hydroxylation is 1. The summed E-state index contributed by atoms with van der Waals surface area (Å²) in [7, 11) is 0. The molecule has 1 aromatic carbocycles. The molecule has 2 nitrogen and oxygen atoms in total. The van der Waals surface area contributed by atoms with Crippen LogP contribution in [0.1, 0.15) is 64.5 Å². The zero-order chi connectivity index (χ0) is 18.1. The monoisotopic (exact) mass is 328 g/mol. The van der Waals surface area contributed by atoms with Gasteiger partial charge in [0.1, 0.15) is 11.5 Å². The van der Waals surface area contributed by atoms with E-state index in [9.17, 15) is 10.2 Å². The van der Waals surface area contributed by atoms with Crippen LogP contribution in [-0.4, -0.2) is 10.2 Å². The Kier molecular flexibility index (Phi) is 8.39. The van der Waals surface area contributed by atoms with Crippen molar-refractivity contribution in [2.45, 2.75) is 66.7 Å². The van der Waals surface area contributed by atoms with Crippen LogP contribution in [0.5, 0.6) is 11.5 Å². The molecule has 0 radical (unpaired) electrons. The standard InChI is InChI=1S/C22H32O2/c1-16(2)8-6-9-17(3)10-7-11-18(4)12-13-21-19(5)14-20(23)15-22(21)24/h8,10,12,14-15,23-24H,6-7,9,11,13H2,1-5H3/b17-10+,18-12?. The SMILES string of the molecule is CC(C)=CCC/C(C)=C/CCC(C)=CCc1c(C)cc(O)cc1O. The fraction of sp³-hybridized carbons (Fsp3) is 0.455. The van der Waals surface area contributed by atoms with E-state index in [1.54, 1.807) is 6.07 Å². The Balaban J connectivity index is 2.49. The van der Waals surface area contributed by atoms with E-state index in [0.717, 1.165) is 36.8 Å². The summed E-state index contributed by atoms with van der Waals surface area (Å²) in [6.07, 6.45) is 11.8. The second kappa shape index (κ2) is 10.0. The molecule has 1 rings (SSSR count). The lowest BCUT2D eigenvalue weighted by molar-refractivity contribution is 0.446. The third kappa shape index (κ3) is 7.54. The minimum atomic E-state index is 0.114. The molecule has 0 bridgehead atoms. The van der Waals surface area contributed by atoms with E-state index < -0.39 is 0 Å². The first kappa shape index (κ1) is 20.1. The Bertz CT molecular complexity index is 606. The highest BCUT2D eigenvalue weighted by Crippen LogP contribution is 2.27. The quantitative estimate of drug-likeness (QED) is 0.544. The Hall–Kier alpha value is -1.96. The van der Waals surface area contributed by atoms with Crippen LogP contribution in [0.15, 0.2) is 47.1 Å². The van der Waals surface area contributed by atoms with E-state index in [4.69, 9.17) is 0 Å². The molecule has 1 aromatic rings. The molecule has 0 saturated carbocycles. The molecule has 0 spiro atoms. The molecule has 0 aliphatic carbocycles. The van der Waals surface area contributed by atoms with Gasteiger partial charge in [0.15, 0.2) is 0 Å².